The van der Waals surface area contributed by atoms with Crippen LogP contribution >= 0.6 is 0 Å². The first-order chi connectivity index (χ1) is 13.7. The zero-order valence-corrected chi connectivity index (χ0v) is 18.1. The summed E-state index contributed by atoms with van der Waals surface area (Å²) in [5.74, 6) is -0.936. The Morgan fingerprint density at radius 2 is 1.93 bits per heavy atom. The Hall–Kier alpha value is -2.37. The lowest BCUT2D eigenvalue weighted by molar-refractivity contribution is -0.181. The summed E-state index contributed by atoms with van der Waals surface area (Å²) in [4.78, 5) is 36.8. The minimum Gasteiger partial charge on any atom is -0.466 e. The molecule has 6 nitrogen and oxygen atoms in total. The van der Waals surface area contributed by atoms with Crippen LogP contribution in [0.3, 0.4) is 0 Å². The second-order valence-electron chi connectivity index (χ2n) is 8.19. The Morgan fingerprint density at radius 1 is 1.21 bits per heavy atom. The molecule has 0 unspecified atom stereocenters. The van der Waals surface area contributed by atoms with E-state index in [0.717, 1.165) is 5.57 Å². The normalized spacial score (nSPS) is 29.5. The highest BCUT2D eigenvalue weighted by Crippen LogP contribution is 2.34. The van der Waals surface area contributed by atoms with Gasteiger partial charge >= 0.3 is 17.9 Å². The van der Waals surface area contributed by atoms with Crippen molar-refractivity contribution in [1.29, 1.82) is 0 Å². The van der Waals surface area contributed by atoms with Crippen molar-refractivity contribution in [3.8, 4) is 0 Å². The maximum Gasteiger partial charge on any atom is 0.334 e. The van der Waals surface area contributed by atoms with Crippen molar-refractivity contribution < 1.29 is 28.6 Å². The van der Waals surface area contributed by atoms with Crippen LogP contribution in [0.5, 0.6) is 0 Å². The number of allylic oxidation sites excluding steroid dienone is 4. The van der Waals surface area contributed by atoms with Crippen molar-refractivity contribution in [2.24, 2.45) is 5.92 Å². The number of ether oxygens (including phenoxy) is 3. The van der Waals surface area contributed by atoms with Crippen LogP contribution in [-0.2, 0) is 28.6 Å². The molecule has 0 aromatic heterocycles. The van der Waals surface area contributed by atoms with Gasteiger partial charge in [-0.05, 0) is 51.4 Å². The first-order valence-electron chi connectivity index (χ1n) is 10.2. The third-order valence-electron chi connectivity index (χ3n) is 5.66. The Balaban J connectivity index is 2.48. The van der Waals surface area contributed by atoms with E-state index < -0.39 is 23.6 Å². The van der Waals surface area contributed by atoms with Gasteiger partial charge in [-0.25, -0.2) is 9.59 Å². The summed E-state index contributed by atoms with van der Waals surface area (Å²) in [5, 5.41) is 0. The molecule has 2 heterocycles. The fourth-order valence-electron chi connectivity index (χ4n) is 3.79. The highest BCUT2D eigenvalue weighted by atomic mass is 16.6. The van der Waals surface area contributed by atoms with Crippen molar-refractivity contribution in [2.45, 2.75) is 77.9 Å². The van der Waals surface area contributed by atoms with E-state index in [9.17, 15) is 14.4 Å². The molecule has 0 radical (unpaired) electrons. The molecule has 29 heavy (non-hydrogen) atoms. The Bertz CT molecular complexity index is 742. The van der Waals surface area contributed by atoms with Gasteiger partial charge < -0.3 is 14.2 Å². The lowest BCUT2D eigenvalue weighted by atomic mass is 9.88. The number of hydrogen-bond donors (Lipinski definition) is 0. The second-order valence-corrected chi connectivity index (χ2v) is 8.19. The number of carbonyl (C=O) groups excluding carboxylic acids is 3. The molecule has 0 fully saturated rings. The zero-order chi connectivity index (χ0) is 21.6. The first-order valence-corrected chi connectivity index (χ1v) is 10.2. The molecule has 2 bridgehead atoms. The number of carbonyl (C=O) groups is 3. The number of methoxy groups -OCH3 is 1. The standard InChI is InChI=1S/C23H32O6/c1-15(2)17-8-10-18-7-6-14-23(4,29-22(18)26)20(28-16(3)24)13-12-19(11-9-17)21(25)27-5/h7,9,11,15,20H,6,8,10,12-14H2,1-5H3/b17-9+,19-11+/t20-,23-/m0/s1. The Morgan fingerprint density at radius 3 is 2.55 bits per heavy atom. The van der Waals surface area contributed by atoms with Crippen LogP contribution in [0.15, 0.2) is 34.9 Å². The average molecular weight is 405 g/mol. The minimum absolute atomic E-state index is 0.275. The summed E-state index contributed by atoms with van der Waals surface area (Å²) in [6, 6.07) is 0. The second kappa shape index (κ2) is 9.90. The van der Waals surface area contributed by atoms with Gasteiger partial charge in [0, 0.05) is 18.1 Å². The highest BCUT2D eigenvalue weighted by Gasteiger charge is 2.42. The SMILES string of the molecule is COC(=O)/C1=C/C=C(/C(C)C)CCC2=CCC[C@](C)(OC2=O)[C@@H](OC(C)=O)CC1. The third-order valence-corrected chi connectivity index (χ3v) is 5.66. The van der Waals surface area contributed by atoms with Gasteiger partial charge in [0.1, 0.15) is 11.7 Å². The van der Waals surface area contributed by atoms with Crippen LogP contribution in [0.4, 0.5) is 0 Å². The summed E-state index contributed by atoms with van der Waals surface area (Å²) in [7, 11) is 1.35. The fraction of sp³-hybridized carbons (Fsp3) is 0.609. The van der Waals surface area contributed by atoms with Crippen molar-refractivity contribution in [3.63, 3.8) is 0 Å². The molecule has 0 N–H and O–H groups in total. The predicted octanol–water partition coefficient (Wildman–Crippen LogP) is 4.20. The molecule has 0 saturated carbocycles. The molecule has 2 rings (SSSR count). The number of rotatable bonds is 3. The highest BCUT2D eigenvalue weighted by molar-refractivity contribution is 5.89. The van der Waals surface area contributed by atoms with Crippen molar-refractivity contribution in [1.82, 2.24) is 0 Å². The van der Waals surface area contributed by atoms with E-state index >= 15 is 0 Å². The smallest absolute Gasteiger partial charge is 0.334 e. The molecule has 2 atom stereocenters. The van der Waals surface area contributed by atoms with Gasteiger partial charge in [0.25, 0.3) is 0 Å². The van der Waals surface area contributed by atoms with Gasteiger partial charge in [-0.15, -0.1) is 0 Å². The molecule has 6 heteroatoms. The maximum atomic E-state index is 12.8. The molecule has 0 spiro atoms. The van der Waals surface area contributed by atoms with E-state index in [1.807, 2.05) is 12.2 Å². The predicted molar refractivity (Wildman–Crippen MR) is 109 cm³/mol. The van der Waals surface area contributed by atoms with Crippen LogP contribution in [0.25, 0.3) is 0 Å². The summed E-state index contributed by atoms with van der Waals surface area (Å²) < 4.78 is 16.4. The molecular formula is C23H32O6. The van der Waals surface area contributed by atoms with E-state index in [2.05, 4.69) is 13.8 Å². The molecule has 0 saturated heterocycles. The van der Waals surface area contributed by atoms with Gasteiger partial charge in [-0.1, -0.05) is 37.6 Å². The van der Waals surface area contributed by atoms with Gasteiger partial charge in [0.15, 0.2) is 0 Å². The topological polar surface area (TPSA) is 78.9 Å². The monoisotopic (exact) mass is 404 g/mol. The summed E-state index contributed by atoms with van der Waals surface area (Å²) >= 11 is 0. The lowest BCUT2D eigenvalue weighted by Crippen LogP contribution is -2.45. The summed E-state index contributed by atoms with van der Waals surface area (Å²) in [5.41, 5.74) is 1.34. The number of esters is 3. The van der Waals surface area contributed by atoms with Crippen LogP contribution in [0.2, 0.25) is 0 Å². The zero-order valence-electron chi connectivity index (χ0n) is 18.1. The van der Waals surface area contributed by atoms with Crippen molar-refractivity contribution in [2.75, 3.05) is 7.11 Å². The van der Waals surface area contributed by atoms with Gasteiger partial charge in [0.2, 0.25) is 0 Å². The molecule has 2 aliphatic rings. The molecule has 0 aromatic carbocycles. The molecular weight excluding hydrogens is 372 g/mol. The number of hydrogen-bond acceptors (Lipinski definition) is 6. The quantitative estimate of drug-likeness (QED) is 0.518. The van der Waals surface area contributed by atoms with Crippen molar-refractivity contribution in [3.05, 3.63) is 34.9 Å². The maximum absolute atomic E-state index is 12.8. The van der Waals surface area contributed by atoms with Gasteiger partial charge in [0.05, 0.1) is 7.11 Å². The van der Waals surface area contributed by atoms with E-state index in [1.54, 1.807) is 13.0 Å². The first kappa shape index (κ1) is 22.9. The molecule has 0 aromatic rings. The molecule has 2 aliphatic heterocycles. The Kier molecular flexibility index (Phi) is 7.82. The summed E-state index contributed by atoms with van der Waals surface area (Å²) in [6.45, 7) is 7.31. The van der Waals surface area contributed by atoms with Crippen molar-refractivity contribution >= 4 is 17.9 Å². The third kappa shape index (κ3) is 6.05. The van der Waals surface area contributed by atoms with Gasteiger partial charge in [-0.3, -0.25) is 4.79 Å². The van der Waals surface area contributed by atoms with E-state index in [4.69, 9.17) is 14.2 Å². The van der Waals surface area contributed by atoms with E-state index in [-0.39, 0.29) is 11.9 Å². The van der Waals surface area contributed by atoms with Crippen LogP contribution in [0.1, 0.15) is 66.2 Å². The summed E-state index contributed by atoms with van der Waals surface area (Å²) in [6.07, 6.45) is 8.20. The van der Waals surface area contributed by atoms with Crippen LogP contribution in [-0.4, -0.2) is 36.7 Å². The average Bonchev–Trinajstić information content (AvgIpc) is 2.79. The Labute approximate surface area is 173 Å². The molecule has 160 valence electrons. The van der Waals surface area contributed by atoms with E-state index in [1.165, 1.54) is 14.0 Å². The molecule has 0 amide bonds. The largest absolute Gasteiger partial charge is 0.466 e. The van der Waals surface area contributed by atoms with Crippen LogP contribution in [0, 0.1) is 5.92 Å². The fourth-order valence-corrected chi connectivity index (χ4v) is 3.79. The van der Waals surface area contributed by atoms with E-state index in [0.29, 0.717) is 49.7 Å². The minimum atomic E-state index is -0.954. The van der Waals surface area contributed by atoms with Crippen LogP contribution < -0.4 is 0 Å². The number of fused-ring (bicyclic) bond motifs is 3. The van der Waals surface area contributed by atoms with Gasteiger partial charge in [-0.2, -0.15) is 0 Å². The molecule has 0 aliphatic carbocycles. The lowest BCUT2D eigenvalue weighted by Gasteiger charge is -2.35.